The lowest BCUT2D eigenvalue weighted by Crippen LogP contribution is -2.16. The summed E-state index contributed by atoms with van der Waals surface area (Å²) in [6.07, 6.45) is -0.590. The third-order valence-electron chi connectivity index (χ3n) is 2.73. The topological polar surface area (TPSA) is 84.3 Å². The van der Waals surface area contributed by atoms with Crippen LogP contribution in [0.4, 0.5) is 8.78 Å². The van der Waals surface area contributed by atoms with Gasteiger partial charge in [0, 0.05) is 16.9 Å². The van der Waals surface area contributed by atoms with Crippen LogP contribution in [0.25, 0.3) is 10.4 Å². The van der Waals surface area contributed by atoms with E-state index in [1.54, 1.807) is 0 Å². The molecule has 6 nitrogen and oxygen atoms in total. The van der Waals surface area contributed by atoms with Crippen LogP contribution in [0.3, 0.4) is 0 Å². The van der Waals surface area contributed by atoms with Crippen LogP contribution >= 0.6 is 0 Å². The van der Waals surface area contributed by atoms with Gasteiger partial charge in [-0.1, -0.05) is 5.11 Å². The summed E-state index contributed by atoms with van der Waals surface area (Å²) in [5, 5.41) is 3.31. The lowest BCUT2D eigenvalue weighted by atomic mass is 10.0. The number of hydrogen-bond donors (Lipinski definition) is 0. The van der Waals surface area contributed by atoms with Gasteiger partial charge >= 0.3 is 5.97 Å². The van der Waals surface area contributed by atoms with E-state index in [0.717, 1.165) is 13.2 Å². The molecule has 0 amide bonds. The van der Waals surface area contributed by atoms with Crippen molar-refractivity contribution in [3.63, 3.8) is 0 Å². The predicted molar refractivity (Wildman–Crippen MR) is 59.8 cm³/mol. The summed E-state index contributed by atoms with van der Waals surface area (Å²) in [6.45, 7) is -0.0349. The molecule has 0 aromatic heterocycles. The van der Waals surface area contributed by atoms with E-state index in [1.165, 1.54) is 0 Å². The molecule has 1 aliphatic rings. The number of esters is 1. The lowest BCUT2D eigenvalue weighted by Gasteiger charge is -2.09. The van der Waals surface area contributed by atoms with E-state index < -0.39 is 23.7 Å². The van der Waals surface area contributed by atoms with Gasteiger partial charge < -0.3 is 9.47 Å². The van der Waals surface area contributed by atoms with Crippen molar-refractivity contribution < 1.29 is 23.0 Å². The Morgan fingerprint density at radius 1 is 1.68 bits per heavy atom. The zero-order chi connectivity index (χ0) is 14.0. The second-order valence-electron chi connectivity index (χ2n) is 3.88. The van der Waals surface area contributed by atoms with E-state index in [4.69, 9.17) is 10.3 Å². The van der Waals surface area contributed by atoms with E-state index in [-0.39, 0.29) is 29.8 Å². The van der Waals surface area contributed by atoms with Crippen molar-refractivity contribution in [2.45, 2.75) is 12.5 Å². The number of benzene rings is 1. The number of hydrogen-bond acceptors (Lipinski definition) is 4. The number of carbonyl (C=O) groups excluding carboxylic acids is 1. The number of azide groups is 1. The van der Waals surface area contributed by atoms with Crippen LogP contribution in [-0.4, -0.2) is 25.7 Å². The van der Waals surface area contributed by atoms with Gasteiger partial charge in [0.1, 0.15) is 17.4 Å². The smallest absolute Gasteiger partial charge is 0.341 e. The fourth-order valence-electron chi connectivity index (χ4n) is 1.91. The van der Waals surface area contributed by atoms with E-state index >= 15 is 0 Å². The first-order chi connectivity index (χ1) is 9.08. The number of halogens is 2. The monoisotopic (exact) mass is 269 g/mol. The summed E-state index contributed by atoms with van der Waals surface area (Å²) < 4.78 is 36.8. The molecule has 19 heavy (non-hydrogen) atoms. The summed E-state index contributed by atoms with van der Waals surface area (Å²) >= 11 is 0. The highest BCUT2D eigenvalue weighted by molar-refractivity contribution is 5.93. The average Bonchev–Trinajstić information content (AvgIpc) is 2.84. The molecule has 8 heteroatoms. The van der Waals surface area contributed by atoms with Gasteiger partial charge in [-0.3, -0.25) is 0 Å². The Kier molecular flexibility index (Phi) is 3.52. The molecule has 0 N–H and O–H groups in total. The normalized spacial score (nSPS) is 16.3. The standard InChI is InChI=1S/C11H9F2N3O3/c1-18-11(17)7-3-8(12)9(13)6-2-5(4-15-16-14)19-10(6)7/h3,5H,2,4H2,1H3. The summed E-state index contributed by atoms with van der Waals surface area (Å²) in [5.41, 5.74) is 7.99. The molecular formula is C11H9F2N3O3. The van der Waals surface area contributed by atoms with Crippen molar-refractivity contribution in [1.29, 1.82) is 0 Å². The van der Waals surface area contributed by atoms with Crippen molar-refractivity contribution in [1.82, 2.24) is 0 Å². The van der Waals surface area contributed by atoms with Crippen LogP contribution in [0.1, 0.15) is 15.9 Å². The Balaban J connectivity index is 2.43. The first-order valence-corrected chi connectivity index (χ1v) is 5.35. The fraction of sp³-hybridized carbons (Fsp3) is 0.364. The zero-order valence-electron chi connectivity index (χ0n) is 9.89. The first-order valence-electron chi connectivity index (χ1n) is 5.35. The second kappa shape index (κ2) is 5.11. The molecule has 1 atom stereocenters. The molecule has 1 heterocycles. The lowest BCUT2D eigenvalue weighted by molar-refractivity contribution is 0.0594. The van der Waals surface area contributed by atoms with Crippen LogP contribution in [0.15, 0.2) is 11.2 Å². The Morgan fingerprint density at radius 3 is 3.05 bits per heavy atom. The Labute approximate surface area is 106 Å². The highest BCUT2D eigenvalue weighted by Crippen LogP contribution is 2.36. The molecule has 100 valence electrons. The first kappa shape index (κ1) is 13.1. The molecule has 0 saturated heterocycles. The van der Waals surface area contributed by atoms with Crippen LogP contribution in [0.5, 0.6) is 5.75 Å². The van der Waals surface area contributed by atoms with Crippen LogP contribution in [0.2, 0.25) is 0 Å². The molecule has 0 fully saturated rings. The molecule has 1 aromatic carbocycles. The van der Waals surface area contributed by atoms with Crippen molar-refractivity contribution in [3.8, 4) is 5.75 Å². The number of fused-ring (bicyclic) bond motifs is 1. The number of ether oxygens (including phenoxy) is 2. The largest absolute Gasteiger partial charge is 0.489 e. The van der Waals surface area contributed by atoms with Crippen LogP contribution in [-0.2, 0) is 11.2 Å². The van der Waals surface area contributed by atoms with Gasteiger partial charge in [0.05, 0.1) is 13.7 Å². The molecule has 0 saturated carbocycles. The highest BCUT2D eigenvalue weighted by Gasteiger charge is 2.32. The SMILES string of the molecule is COC(=O)c1cc(F)c(F)c2c1OC(CN=[N+]=[N-])C2. The summed E-state index contributed by atoms with van der Waals surface area (Å²) in [7, 11) is 1.13. The minimum absolute atomic E-state index is 0.0297. The molecule has 0 aliphatic carbocycles. The van der Waals surface area contributed by atoms with Gasteiger partial charge in [0.25, 0.3) is 0 Å². The second-order valence-corrected chi connectivity index (χ2v) is 3.88. The van der Waals surface area contributed by atoms with Gasteiger partial charge in [-0.05, 0) is 11.6 Å². The molecule has 2 rings (SSSR count). The number of methoxy groups -OCH3 is 1. The third-order valence-corrected chi connectivity index (χ3v) is 2.73. The maximum Gasteiger partial charge on any atom is 0.341 e. The van der Waals surface area contributed by atoms with Gasteiger partial charge in [0.2, 0.25) is 0 Å². The minimum Gasteiger partial charge on any atom is -0.489 e. The maximum absolute atomic E-state index is 13.6. The van der Waals surface area contributed by atoms with E-state index in [2.05, 4.69) is 14.8 Å². The van der Waals surface area contributed by atoms with Gasteiger partial charge in [-0.2, -0.15) is 0 Å². The highest BCUT2D eigenvalue weighted by atomic mass is 19.2. The molecule has 0 spiro atoms. The summed E-state index contributed by atoms with van der Waals surface area (Å²) in [6, 6.07) is 0.732. The van der Waals surface area contributed by atoms with E-state index in [9.17, 15) is 13.6 Å². The minimum atomic E-state index is -1.15. The van der Waals surface area contributed by atoms with Crippen LogP contribution in [0, 0.1) is 11.6 Å². The quantitative estimate of drug-likeness (QED) is 0.365. The average molecular weight is 269 g/mol. The van der Waals surface area contributed by atoms with Gasteiger partial charge in [-0.25, -0.2) is 13.6 Å². The third kappa shape index (κ3) is 2.30. The molecule has 1 aliphatic heterocycles. The molecule has 1 unspecified atom stereocenters. The molecule has 1 aromatic rings. The van der Waals surface area contributed by atoms with Crippen molar-refractivity contribution in [2.24, 2.45) is 5.11 Å². The number of nitrogens with zero attached hydrogens (tertiary/aromatic N) is 3. The predicted octanol–water partition coefficient (Wildman–Crippen LogP) is 2.37. The van der Waals surface area contributed by atoms with Gasteiger partial charge in [0.15, 0.2) is 11.6 Å². The number of rotatable bonds is 3. The Morgan fingerprint density at radius 2 is 2.42 bits per heavy atom. The Hall–Kier alpha value is -2.34. The summed E-state index contributed by atoms with van der Waals surface area (Å²) in [5.74, 6) is -3.08. The van der Waals surface area contributed by atoms with Crippen molar-refractivity contribution in [3.05, 3.63) is 39.3 Å². The van der Waals surface area contributed by atoms with Crippen molar-refractivity contribution >= 4 is 5.97 Å². The molecule has 0 radical (unpaired) electrons. The van der Waals surface area contributed by atoms with E-state index in [0.29, 0.717) is 0 Å². The Bertz CT molecular complexity index is 585. The van der Waals surface area contributed by atoms with Crippen molar-refractivity contribution in [2.75, 3.05) is 13.7 Å². The van der Waals surface area contributed by atoms with Gasteiger partial charge in [-0.15, -0.1) is 0 Å². The molecular weight excluding hydrogens is 260 g/mol. The fourth-order valence-corrected chi connectivity index (χ4v) is 1.91. The maximum atomic E-state index is 13.6. The summed E-state index contributed by atoms with van der Waals surface area (Å²) in [4.78, 5) is 14.0. The number of carbonyl (C=O) groups is 1. The zero-order valence-corrected chi connectivity index (χ0v) is 9.89. The van der Waals surface area contributed by atoms with E-state index in [1.807, 2.05) is 0 Å². The molecule has 0 bridgehead atoms. The van der Waals surface area contributed by atoms with Crippen LogP contribution < -0.4 is 4.74 Å².